The first kappa shape index (κ1) is 8.96. The minimum atomic E-state index is 0. The Bertz CT molecular complexity index is 42.7. The molecule has 0 aliphatic heterocycles. The van der Waals surface area contributed by atoms with E-state index in [0.29, 0.717) is 6.47 Å². The van der Waals surface area contributed by atoms with Crippen molar-refractivity contribution in [3.8, 4) is 0 Å². The molecule has 3 nitrogen and oxygen atoms in total. The molecule has 0 aromatic carbocycles. The monoisotopic (exact) mass is 89.0 g/mol. The van der Waals surface area contributed by atoms with E-state index < -0.39 is 0 Å². The molecule has 0 N–H and O–H groups in total. The van der Waals surface area contributed by atoms with E-state index in [1.165, 1.54) is 7.11 Å². The van der Waals surface area contributed by atoms with Gasteiger partial charge in [-0.15, -0.1) is 0 Å². The van der Waals surface area contributed by atoms with Crippen molar-refractivity contribution in [2.75, 3.05) is 7.11 Å². The molecular formula is C3H5O3+. The summed E-state index contributed by atoms with van der Waals surface area (Å²) >= 11 is 0. The molecular weight excluding hydrogens is 84.0 g/mol. The van der Waals surface area contributed by atoms with Crippen LogP contribution in [0.4, 0.5) is 0 Å². The van der Waals surface area contributed by atoms with E-state index in [4.69, 9.17) is 9.45 Å². The molecule has 0 radical (unpaired) electrons. The van der Waals surface area contributed by atoms with Crippen LogP contribution in [-0.4, -0.2) is 13.6 Å². The van der Waals surface area contributed by atoms with Gasteiger partial charge in [0.15, 0.2) is 0 Å². The standard InChI is InChI=1S/C2H4O2.CO/c1-4-2-3;1-2/h2H,1H3;/p+1. The van der Waals surface area contributed by atoms with Gasteiger partial charge in [-0.3, -0.25) is 4.79 Å². The molecule has 0 aromatic rings. The van der Waals surface area contributed by atoms with E-state index in [9.17, 15) is 0 Å². The normalized spacial score (nSPS) is 3.83. The molecule has 34 valence electrons. The maximum Gasteiger partial charge on any atom is 1.00 e. The third-order valence-corrected chi connectivity index (χ3v) is 0.0962. The Labute approximate surface area is 37.1 Å². The fourth-order valence-electron chi connectivity index (χ4n) is 0. The van der Waals surface area contributed by atoms with Crippen molar-refractivity contribution in [3.05, 3.63) is 6.65 Å². The topological polar surface area (TPSA) is 46.2 Å². The second-order valence-electron chi connectivity index (χ2n) is 0.332. The smallest absolute Gasteiger partial charge is 1.00 e. The quantitative estimate of drug-likeness (QED) is 0.255. The number of ether oxygens (including phenoxy) is 1. The number of methoxy groups -OCH3 is 1. The summed E-state index contributed by atoms with van der Waals surface area (Å²) in [6.45, 7) is 4.88. The predicted molar refractivity (Wildman–Crippen MR) is 18.1 cm³/mol. The SMILES string of the molecule is COC=O.[C-]#[O+].[H+]. The van der Waals surface area contributed by atoms with Gasteiger partial charge in [0, 0.05) is 0 Å². The summed E-state index contributed by atoms with van der Waals surface area (Å²) in [6, 6.07) is 0. The van der Waals surface area contributed by atoms with E-state index in [2.05, 4.69) is 11.4 Å². The molecule has 0 aliphatic rings. The molecule has 0 saturated heterocycles. The number of hydrogen-bond acceptors (Lipinski definition) is 2. The van der Waals surface area contributed by atoms with Gasteiger partial charge >= 0.3 is 12.7 Å². The van der Waals surface area contributed by atoms with Crippen molar-refractivity contribution in [1.29, 1.82) is 0 Å². The minimum absolute atomic E-state index is 0. The molecule has 0 fully saturated rings. The number of carbonyl (C=O) groups excluding carboxylic acids is 1. The van der Waals surface area contributed by atoms with Gasteiger partial charge in [0.2, 0.25) is 0 Å². The second kappa shape index (κ2) is 29.6. The van der Waals surface area contributed by atoms with Crippen LogP contribution in [0.25, 0.3) is 0 Å². The average Bonchev–Trinajstić information content (AvgIpc) is 1.72. The van der Waals surface area contributed by atoms with Gasteiger partial charge in [-0.1, -0.05) is 0 Å². The van der Waals surface area contributed by atoms with Crippen LogP contribution in [0.15, 0.2) is 0 Å². The van der Waals surface area contributed by atoms with Crippen LogP contribution in [0.5, 0.6) is 0 Å². The molecule has 0 aliphatic carbocycles. The zero-order valence-electron chi connectivity index (χ0n) is 4.30. The molecule has 6 heavy (non-hydrogen) atoms. The third-order valence-electron chi connectivity index (χ3n) is 0.0962. The number of hydrogen-bond donors (Lipinski definition) is 0. The van der Waals surface area contributed by atoms with Gasteiger partial charge in [-0.25, -0.2) is 0 Å². The maximum atomic E-state index is 8.95. The fourth-order valence-corrected chi connectivity index (χ4v) is 0. The Balaban J connectivity index is -0.0000000480. The van der Waals surface area contributed by atoms with E-state index in [1.54, 1.807) is 0 Å². The number of rotatable bonds is 1. The molecule has 0 heterocycles. The van der Waals surface area contributed by atoms with Crippen molar-refractivity contribution in [2.24, 2.45) is 0 Å². The zero-order chi connectivity index (χ0) is 5.41. The summed E-state index contributed by atoms with van der Waals surface area (Å²) in [4.78, 5) is 8.95. The van der Waals surface area contributed by atoms with Gasteiger partial charge < -0.3 is 4.74 Å². The molecule has 0 amide bonds. The summed E-state index contributed by atoms with van der Waals surface area (Å²) in [7, 11) is 1.31. The van der Waals surface area contributed by atoms with Gasteiger partial charge in [0.05, 0.1) is 7.11 Å². The summed E-state index contributed by atoms with van der Waals surface area (Å²) in [5.74, 6) is 0. The Morgan fingerprint density at radius 3 is 2.17 bits per heavy atom. The Morgan fingerprint density at radius 1 is 2.00 bits per heavy atom. The summed E-state index contributed by atoms with van der Waals surface area (Å²) in [6.07, 6.45) is 0. The van der Waals surface area contributed by atoms with Crippen LogP contribution in [0.3, 0.4) is 0 Å². The van der Waals surface area contributed by atoms with E-state index in [0.717, 1.165) is 0 Å². The first-order valence-corrected chi connectivity index (χ1v) is 1.08. The van der Waals surface area contributed by atoms with Crippen LogP contribution in [0.2, 0.25) is 0 Å². The minimum Gasteiger partial charge on any atom is 1.00 e. The molecule has 0 unspecified atom stereocenters. The molecule has 0 saturated carbocycles. The fraction of sp³-hybridized carbons (Fsp3) is 0.333. The van der Waals surface area contributed by atoms with Crippen molar-refractivity contribution >= 4 is 6.47 Å². The van der Waals surface area contributed by atoms with Crippen molar-refractivity contribution < 1.29 is 15.6 Å². The largest absolute Gasteiger partial charge is 1.00 e. The van der Waals surface area contributed by atoms with E-state index >= 15 is 0 Å². The van der Waals surface area contributed by atoms with Crippen molar-refractivity contribution in [3.63, 3.8) is 0 Å². The zero-order valence-corrected chi connectivity index (χ0v) is 3.30. The van der Waals surface area contributed by atoms with Crippen LogP contribution >= 0.6 is 0 Å². The Hall–Kier alpha value is -0.790. The number of carbonyl (C=O) groups is 1. The average molecular weight is 89.1 g/mol. The predicted octanol–water partition coefficient (Wildman–Crippen LogP) is -0.136. The Kier molecular flexibility index (Phi) is 44.3. The molecule has 0 atom stereocenters. The third kappa shape index (κ3) is 356. The second-order valence-corrected chi connectivity index (χ2v) is 0.332. The van der Waals surface area contributed by atoms with Gasteiger partial charge in [0.1, 0.15) is 0 Å². The first-order chi connectivity index (χ1) is 2.91. The maximum absolute atomic E-state index is 8.95. The van der Waals surface area contributed by atoms with Crippen molar-refractivity contribution in [1.82, 2.24) is 0 Å². The van der Waals surface area contributed by atoms with Crippen molar-refractivity contribution in [2.45, 2.75) is 0 Å². The summed E-state index contributed by atoms with van der Waals surface area (Å²) in [5.41, 5.74) is 0. The summed E-state index contributed by atoms with van der Waals surface area (Å²) < 4.78 is 11.4. The van der Waals surface area contributed by atoms with Gasteiger partial charge in [0.25, 0.3) is 6.47 Å². The first-order valence-electron chi connectivity index (χ1n) is 1.08. The van der Waals surface area contributed by atoms with Crippen LogP contribution in [0.1, 0.15) is 1.43 Å². The van der Waals surface area contributed by atoms with Crippen LogP contribution in [-0.2, 0) is 14.2 Å². The van der Waals surface area contributed by atoms with Gasteiger partial charge in [-0.2, -0.15) is 0 Å². The van der Waals surface area contributed by atoms with Gasteiger partial charge in [-0.05, 0) is 0 Å². The molecule has 0 aromatic heterocycles. The van der Waals surface area contributed by atoms with Crippen LogP contribution < -0.4 is 0 Å². The molecule has 0 bridgehead atoms. The summed E-state index contributed by atoms with van der Waals surface area (Å²) in [5, 5.41) is 0. The van der Waals surface area contributed by atoms with E-state index in [1.807, 2.05) is 0 Å². The van der Waals surface area contributed by atoms with Crippen LogP contribution in [0, 0.1) is 6.65 Å². The van der Waals surface area contributed by atoms with E-state index in [-0.39, 0.29) is 1.43 Å². The molecule has 0 spiro atoms. The molecule has 3 heteroatoms. The Morgan fingerprint density at radius 2 is 2.17 bits per heavy atom. The molecule has 0 rings (SSSR count).